The molecule has 2 N–H and O–H groups in total. The Labute approximate surface area is 160 Å². The van der Waals surface area contributed by atoms with E-state index in [0.29, 0.717) is 10.7 Å². The normalized spacial score (nSPS) is 10.7. The van der Waals surface area contributed by atoms with Crippen molar-refractivity contribution in [1.29, 1.82) is 5.26 Å². The van der Waals surface area contributed by atoms with Crippen LogP contribution in [0.15, 0.2) is 48.2 Å². The third kappa shape index (κ3) is 4.74. The number of carbonyl (C=O) groups excluding carboxylic acids is 1. The number of hydrogen-bond donors (Lipinski definition) is 2. The Hall–Kier alpha value is -3.57. The Kier molecular flexibility index (Phi) is 6.36. The molecule has 0 unspecified atom stereocenters. The van der Waals surface area contributed by atoms with E-state index >= 15 is 0 Å². The fourth-order valence-electron chi connectivity index (χ4n) is 2.15. The number of nitro groups is 1. The number of nitro benzene ring substituents is 1. The van der Waals surface area contributed by atoms with Crippen LogP contribution in [0.2, 0.25) is 5.02 Å². The summed E-state index contributed by atoms with van der Waals surface area (Å²) in [7, 11) is 1.32. The third-order valence-electron chi connectivity index (χ3n) is 3.65. The molecule has 9 heteroatoms. The number of nitriles is 1. The Bertz CT molecular complexity index is 966. The zero-order chi connectivity index (χ0) is 20.0. The minimum absolute atomic E-state index is 0.105. The Morgan fingerprint density at radius 3 is 2.70 bits per heavy atom. The van der Waals surface area contributed by atoms with Crippen molar-refractivity contribution < 1.29 is 14.5 Å². The van der Waals surface area contributed by atoms with E-state index in [4.69, 9.17) is 16.3 Å². The summed E-state index contributed by atoms with van der Waals surface area (Å²) < 4.78 is 5.06. The highest BCUT2D eigenvalue weighted by Gasteiger charge is 2.16. The minimum Gasteiger partial charge on any atom is -0.494 e. The molecule has 0 spiro atoms. The summed E-state index contributed by atoms with van der Waals surface area (Å²) in [6.45, 7) is 1.80. The van der Waals surface area contributed by atoms with Crippen LogP contribution in [-0.4, -0.2) is 17.9 Å². The van der Waals surface area contributed by atoms with Crippen LogP contribution in [0.4, 0.5) is 17.1 Å². The number of benzene rings is 2. The number of non-ortho nitro benzene ring substituents is 1. The quantitative estimate of drug-likeness (QED) is 0.335. The average molecular weight is 387 g/mol. The van der Waals surface area contributed by atoms with Crippen LogP contribution in [0.25, 0.3) is 0 Å². The molecule has 0 aliphatic heterocycles. The lowest BCUT2D eigenvalue weighted by atomic mass is 10.2. The first-order valence-corrected chi connectivity index (χ1v) is 8.01. The predicted octanol–water partition coefficient (Wildman–Crippen LogP) is 4.02. The molecule has 0 aliphatic carbocycles. The van der Waals surface area contributed by atoms with Crippen molar-refractivity contribution in [2.24, 2.45) is 0 Å². The van der Waals surface area contributed by atoms with Gasteiger partial charge in [-0.25, -0.2) is 0 Å². The molecule has 0 heterocycles. The van der Waals surface area contributed by atoms with Gasteiger partial charge in [0.2, 0.25) is 0 Å². The Morgan fingerprint density at radius 2 is 2.07 bits per heavy atom. The number of rotatable bonds is 6. The zero-order valence-corrected chi connectivity index (χ0v) is 15.2. The van der Waals surface area contributed by atoms with E-state index in [1.165, 1.54) is 31.5 Å². The summed E-state index contributed by atoms with van der Waals surface area (Å²) in [5, 5.41) is 26.0. The van der Waals surface area contributed by atoms with Crippen molar-refractivity contribution >= 4 is 34.6 Å². The third-order valence-corrected chi connectivity index (χ3v) is 4.06. The monoisotopic (exact) mass is 386 g/mol. The summed E-state index contributed by atoms with van der Waals surface area (Å²) in [4.78, 5) is 22.6. The zero-order valence-electron chi connectivity index (χ0n) is 14.4. The lowest BCUT2D eigenvalue weighted by Crippen LogP contribution is -2.15. The fourth-order valence-corrected chi connectivity index (χ4v) is 2.32. The molecule has 0 radical (unpaired) electrons. The van der Waals surface area contributed by atoms with Gasteiger partial charge in [-0.05, 0) is 30.7 Å². The van der Waals surface area contributed by atoms with Gasteiger partial charge in [0.15, 0.2) is 0 Å². The lowest BCUT2D eigenvalue weighted by molar-refractivity contribution is -0.384. The topological polar surface area (TPSA) is 117 Å². The van der Waals surface area contributed by atoms with Crippen molar-refractivity contribution in [2.75, 3.05) is 17.7 Å². The molecule has 1 amide bonds. The van der Waals surface area contributed by atoms with Gasteiger partial charge in [-0.2, -0.15) is 5.26 Å². The molecule has 0 atom stereocenters. The van der Waals surface area contributed by atoms with E-state index < -0.39 is 10.8 Å². The van der Waals surface area contributed by atoms with Crippen LogP contribution < -0.4 is 15.4 Å². The highest BCUT2D eigenvalue weighted by Crippen LogP contribution is 2.29. The second-order valence-electron chi connectivity index (χ2n) is 5.32. The summed E-state index contributed by atoms with van der Waals surface area (Å²) >= 11 is 6.03. The highest BCUT2D eigenvalue weighted by atomic mass is 35.5. The smallest absolute Gasteiger partial charge is 0.273 e. The standard InChI is InChI=1S/C18H15ClN4O4/c1-11-14(19)4-3-5-15(11)21-10-12(9-20)18(24)22-16-7-6-13(23(25)26)8-17(16)27-2/h3-8,10,21H,1-2H3,(H,22,24)/b12-10-. The molecule has 138 valence electrons. The van der Waals surface area contributed by atoms with Crippen molar-refractivity contribution in [3.63, 3.8) is 0 Å². The first kappa shape index (κ1) is 19.8. The Morgan fingerprint density at radius 1 is 1.33 bits per heavy atom. The molecular weight excluding hydrogens is 372 g/mol. The number of hydrogen-bond acceptors (Lipinski definition) is 6. The van der Waals surface area contributed by atoms with E-state index in [1.54, 1.807) is 31.2 Å². The van der Waals surface area contributed by atoms with E-state index in [-0.39, 0.29) is 22.7 Å². The van der Waals surface area contributed by atoms with Crippen LogP contribution in [-0.2, 0) is 4.79 Å². The predicted molar refractivity (Wildman–Crippen MR) is 102 cm³/mol. The summed E-state index contributed by atoms with van der Waals surface area (Å²) in [5.74, 6) is -0.592. The van der Waals surface area contributed by atoms with E-state index in [1.807, 2.05) is 0 Å². The van der Waals surface area contributed by atoms with Gasteiger partial charge in [-0.1, -0.05) is 17.7 Å². The average Bonchev–Trinajstić information content (AvgIpc) is 2.65. The maximum absolute atomic E-state index is 12.3. The van der Waals surface area contributed by atoms with Crippen LogP contribution in [0.1, 0.15) is 5.56 Å². The number of methoxy groups -OCH3 is 1. The first-order chi connectivity index (χ1) is 12.9. The second-order valence-corrected chi connectivity index (χ2v) is 5.73. The van der Waals surface area contributed by atoms with Gasteiger partial charge in [0.05, 0.1) is 23.8 Å². The van der Waals surface area contributed by atoms with Gasteiger partial charge in [-0.3, -0.25) is 14.9 Å². The molecule has 27 heavy (non-hydrogen) atoms. The van der Waals surface area contributed by atoms with Crippen molar-refractivity contribution in [3.8, 4) is 11.8 Å². The van der Waals surface area contributed by atoms with Crippen molar-refractivity contribution in [3.05, 3.63) is 68.9 Å². The maximum atomic E-state index is 12.3. The van der Waals surface area contributed by atoms with E-state index in [0.717, 1.165) is 5.56 Å². The molecule has 8 nitrogen and oxygen atoms in total. The number of halogens is 1. The van der Waals surface area contributed by atoms with Gasteiger partial charge < -0.3 is 15.4 Å². The molecule has 2 aromatic carbocycles. The van der Waals surface area contributed by atoms with E-state index in [9.17, 15) is 20.2 Å². The minimum atomic E-state index is -0.697. The first-order valence-electron chi connectivity index (χ1n) is 7.63. The number of amides is 1. The number of nitrogens with one attached hydrogen (secondary N) is 2. The summed E-state index contributed by atoms with van der Waals surface area (Å²) in [5.41, 5.74) is 1.24. The molecule has 0 bridgehead atoms. The molecule has 0 saturated heterocycles. The summed E-state index contributed by atoms with van der Waals surface area (Å²) in [6.07, 6.45) is 1.26. The van der Waals surface area contributed by atoms with Gasteiger partial charge in [-0.15, -0.1) is 0 Å². The number of nitrogens with zero attached hydrogens (tertiary/aromatic N) is 2. The molecule has 2 aromatic rings. The van der Waals surface area contributed by atoms with Crippen LogP contribution in [0, 0.1) is 28.4 Å². The van der Waals surface area contributed by atoms with E-state index in [2.05, 4.69) is 10.6 Å². The SMILES string of the molecule is COc1cc([N+](=O)[O-])ccc1NC(=O)/C(C#N)=C\Nc1cccc(Cl)c1C. The molecule has 0 saturated carbocycles. The second kappa shape index (κ2) is 8.69. The van der Waals surface area contributed by atoms with Gasteiger partial charge in [0, 0.05) is 23.0 Å². The van der Waals surface area contributed by atoms with Gasteiger partial charge in [0.25, 0.3) is 11.6 Å². The lowest BCUT2D eigenvalue weighted by Gasteiger charge is -2.10. The van der Waals surface area contributed by atoms with Crippen LogP contribution >= 0.6 is 11.6 Å². The van der Waals surface area contributed by atoms with Crippen LogP contribution in [0.3, 0.4) is 0 Å². The van der Waals surface area contributed by atoms with Crippen molar-refractivity contribution in [2.45, 2.75) is 6.92 Å². The fraction of sp³-hybridized carbons (Fsp3) is 0.111. The molecular formula is C18H15ClN4O4. The number of anilines is 2. The summed E-state index contributed by atoms with van der Waals surface area (Å²) in [6, 6.07) is 10.7. The van der Waals surface area contributed by atoms with Gasteiger partial charge in [0.1, 0.15) is 17.4 Å². The van der Waals surface area contributed by atoms with Gasteiger partial charge >= 0.3 is 0 Å². The van der Waals surface area contributed by atoms with Crippen molar-refractivity contribution in [1.82, 2.24) is 0 Å². The number of ether oxygens (including phenoxy) is 1. The Balaban J connectivity index is 2.21. The molecule has 0 aromatic heterocycles. The number of carbonyl (C=O) groups is 1. The highest BCUT2D eigenvalue weighted by molar-refractivity contribution is 6.31. The largest absolute Gasteiger partial charge is 0.494 e. The molecule has 0 fully saturated rings. The molecule has 0 aliphatic rings. The van der Waals surface area contributed by atoms with Crippen LogP contribution in [0.5, 0.6) is 5.75 Å². The molecule has 2 rings (SSSR count). The maximum Gasteiger partial charge on any atom is 0.273 e.